The molecule has 0 amide bonds. The lowest BCUT2D eigenvalue weighted by Gasteiger charge is -2.21. The van der Waals surface area contributed by atoms with E-state index in [1.165, 1.54) is 21.3 Å². The van der Waals surface area contributed by atoms with Crippen molar-refractivity contribution in [3.63, 3.8) is 0 Å². The van der Waals surface area contributed by atoms with E-state index in [0.29, 0.717) is 11.3 Å². The first-order valence-corrected chi connectivity index (χ1v) is 6.22. The van der Waals surface area contributed by atoms with Gasteiger partial charge in [0.05, 0.1) is 7.11 Å². The van der Waals surface area contributed by atoms with Gasteiger partial charge in [-0.25, -0.2) is 0 Å². The average molecular weight is 246 g/mol. The van der Waals surface area contributed by atoms with Gasteiger partial charge in [0.15, 0.2) is 5.85 Å². The maximum atomic E-state index is 12.0. The van der Waals surface area contributed by atoms with Crippen LogP contribution in [0.3, 0.4) is 0 Å². The molecule has 0 saturated heterocycles. The Morgan fingerprint density at radius 1 is 1.19 bits per heavy atom. The zero-order valence-electron chi connectivity index (χ0n) is 9.41. The molecule has 1 rings (SSSR count). The number of rotatable bonds is 5. The van der Waals surface area contributed by atoms with Crippen LogP contribution in [0, 0.1) is 0 Å². The van der Waals surface area contributed by atoms with Crippen LogP contribution in [-0.2, 0) is 13.6 Å². The first-order chi connectivity index (χ1) is 7.59. The standard InChI is InChI=1S/C10H15O5P/c1-13-9-7-5-4-6-8(9)10(11)16(12,14-2)15-3/h4-7,10-11H,1-3H3/t10-/m0/s1. The number of hydrogen-bond acceptors (Lipinski definition) is 5. The molecular weight excluding hydrogens is 231 g/mol. The van der Waals surface area contributed by atoms with Crippen molar-refractivity contribution in [1.82, 2.24) is 0 Å². The van der Waals surface area contributed by atoms with Crippen LogP contribution < -0.4 is 4.74 Å². The molecule has 16 heavy (non-hydrogen) atoms. The van der Waals surface area contributed by atoms with E-state index in [2.05, 4.69) is 0 Å². The number of para-hydroxylation sites is 1. The molecule has 0 heterocycles. The minimum absolute atomic E-state index is 0.372. The summed E-state index contributed by atoms with van der Waals surface area (Å²) in [6, 6.07) is 6.72. The topological polar surface area (TPSA) is 65.0 Å². The first-order valence-electron chi connectivity index (χ1n) is 4.61. The Kier molecular flexibility index (Phi) is 4.50. The van der Waals surface area contributed by atoms with E-state index in [9.17, 15) is 9.67 Å². The summed E-state index contributed by atoms with van der Waals surface area (Å²) >= 11 is 0. The lowest BCUT2D eigenvalue weighted by Crippen LogP contribution is -2.04. The highest BCUT2D eigenvalue weighted by atomic mass is 31.2. The Morgan fingerprint density at radius 2 is 1.75 bits per heavy atom. The molecule has 0 radical (unpaired) electrons. The van der Waals surface area contributed by atoms with Crippen molar-refractivity contribution in [2.45, 2.75) is 5.85 Å². The van der Waals surface area contributed by atoms with Crippen molar-refractivity contribution in [2.75, 3.05) is 21.3 Å². The molecule has 0 spiro atoms. The van der Waals surface area contributed by atoms with Gasteiger partial charge in [-0.3, -0.25) is 4.57 Å². The molecule has 6 heteroatoms. The van der Waals surface area contributed by atoms with E-state index in [4.69, 9.17) is 13.8 Å². The van der Waals surface area contributed by atoms with Gasteiger partial charge < -0.3 is 18.9 Å². The van der Waals surface area contributed by atoms with Gasteiger partial charge >= 0.3 is 7.60 Å². The molecule has 0 unspecified atom stereocenters. The van der Waals surface area contributed by atoms with Crippen molar-refractivity contribution in [3.05, 3.63) is 29.8 Å². The summed E-state index contributed by atoms with van der Waals surface area (Å²) in [5.74, 6) is -0.928. The number of methoxy groups -OCH3 is 1. The summed E-state index contributed by atoms with van der Waals surface area (Å²) in [6.07, 6.45) is 0. The number of hydrogen-bond donors (Lipinski definition) is 1. The second-order valence-corrected chi connectivity index (χ2v) is 5.32. The van der Waals surface area contributed by atoms with Crippen LogP contribution in [0.5, 0.6) is 5.75 Å². The van der Waals surface area contributed by atoms with Crippen molar-refractivity contribution in [2.24, 2.45) is 0 Å². The van der Waals surface area contributed by atoms with Gasteiger partial charge in [-0.1, -0.05) is 18.2 Å². The largest absolute Gasteiger partial charge is 0.496 e. The Labute approximate surface area is 94.5 Å². The summed E-state index contributed by atoms with van der Waals surface area (Å²) in [4.78, 5) is 0. The zero-order valence-corrected chi connectivity index (χ0v) is 10.3. The normalized spacial score (nSPS) is 13.5. The van der Waals surface area contributed by atoms with Crippen molar-refractivity contribution in [1.29, 1.82) is 0 Å². The number of ether oxygens (including phenoxy) is 1. The molecule has 0 aromatic heterocycles. The Hall–Kier alpha value is -0.870. The Bertz CT molecular complexity index is 385. The summed E-state index contributed by atoms with van der Waals surface area (Å²) in [6.45, 7) is 0. The van der Waals surface area contributed by atoms with E-state index in [1.807, 2.05) is 0 Å². The van der Waals surface area contributed by atoms with E-state index in [0.717, 1.165) is 0 Å². The Balaban J connectivity index is 3.13. The molecule has 0 aliphatic heterocycles. The zero-order chi connectivity index (χ0) is 12.2. The van der Waals surface area contributed by atoms with Gasteiger partial charge in [0.25, 0.3) is 0 Å². The van der Waals surface area contributed by atoms with Crippen molar-refractivity contribution >= 4 is 7.60 Å². The van der Waals surface area contributed by atoms with Crippen LogP contribution in [0.4, 0.5) is 0 Å². The van der Waals surface area contributed by atoms with Gasteiger partial charge in [-0.2, -0.15) is 0 Å². The predicted octanol–water partition coefficient (Wildman–Crippen LogP) is 2.17. The lowest BCUT2D eigenvalue weighted by molar-refractivity contribution is 0.173. The summed E-state index contributed by atoms with van der Waals surface area (Å²) in [5.41, 5.74) is 0.372. The lowest BCUT2D eigenvalue weighted by atomic mass is 10.2. The second-order valence-electron chi connectivity index (χ2n) is 3.02. The van der Waals surface area contributed by atoms with Crippen molar-refractivity contribution in [3.8, 4) is 5.75 Å². The third-order valence-electron chi connectivity index (χ3n) is 2.23. The number of benzene rings is 1. The average Bonchev–Trinajstić information content (AvgIpc) is 2.36. The molecule has 5 nitrogen and oxygen atoms in total. The summed E-state index contributed by atoms with van der Waals surface area (Å²) in [5, 5.41) is 9.96. The second kappa shape index (κ2) is 5.46. The van der Waals surface area contributed by atoms with Crippen LogP contribution in [0.15, 0.2) is 24.3 Å². The molecule has 90 valence electrons. The van der Waals surface area contributed by atoms with E-state index in [1.54, 1.807) is 24.3 Å². The minimum atomic E-state index is -3.56. The highest BCUT2D eigenvalue weighted by Crippen LogP contribution is 2.59. The summed E-state index contributed by atoms with van der Waals surface area (Å²) < 4.78 is 26.5. The van der Waals surface area contributed by atoms with Crippen LogP contribution in [0.25, 0.3) is 0 Å². The highest BCUT2D eigenvalue weighted by molar-refractivity contribution is 7.54. The van der Waals surface area contributed by atoms with Gasteiger partial charge in [0, 0.05) is 19.8 Å². The fraction of sp³-hybridized carbons (Fsp3) is 0.400. The van der Waals surface area contributed by atoms with Gasteiger partial charge in [-0.05, 0) is 6.07 Å². The van der Waals surface area contributed by atoms with Crippen LogP contribution in [0.2, 0.25) is 0 Å². The maximum absolute atomic E-state index is 12.0. The molecule has 1 N–H and O–H groups in total. The molecule has 0 bridgehead atoms. The van der Waals surface area contributed by atoms with Gasteiger partial charge in [-0.15, -0.1) is 0 Å². The van der Waals surface area contributed by atoms with Crippen LogP contribution in [0.1, 0.15) is 11.4 Å². The van der Waals surface area contributed by atoms with Crippen LogP contribution >= 0.6 is 7.60 Å². The molecular formula is C10H15O5P. The SMILES string of the molecule is COc1ccccc1[C@@H](O)P(=O)(OC)OC. The molecule has 0 aliphatic carbocycles. The smallest absolute Gasteiger partial charge is 0.363 e. The molecule has 0 aliphatic rings. The highest BCUT2D eigenvalue weighted by Gasteiger charge is 2.35. The van der Waals surface area contributed by atoms with Crippen molar-refractivity contribution < 1.29 is 23.5 Å². The Morgan fingerprint density at radius 3 is 2.25 bits per heavy atom. The number of aliphatic hydroxyl groups is 1. The fourth-order valence-electron chi connectivity index (χ4n) is 1.32. The molecule has 1 aromatic rings. The molecule has 1 atom stereocenters. The van der Waals surface area contributed by atoms with E-state index >= 15 is 0 Å². The van der Waals surface area contributed by atoms with Gasteiger partial charge in [0.1, 0.15) is 5.75 Å². The third kappa shape index (κ3) is 2.44. The van der Waals surface area contributed by atoms with Gasteiger partial charge in [0.2, 0.25) is 0 Å². The van der Waals surface area contributed by atoms with Crippen LogP contribution in [-0.4, -0.2) is 26.4 Å². The quantitative estimate of drug-likeness (QED) is 0.806. The number of aliphatic hydroxyl groups excluding tert-OH is 1. The molecule has 0 fully saturated rings. The van der Waals surface area contributed by atoms with E-state index in [-0.39, 0.29) is 0 Å². The minimum Gasteiger partial charge on any atom is -0.496 e. The third-order valence-corrected chi connectivity index (χ3v) is 4.12. The fourth-order valence-corrected chi connectivity index (χ4v) is 2.43. The summed E-state index contributed by atoms with van der Waals surface area (Å²) in [7, 11) is 0.360. The van der Waals surface area contributed by atoms with E-state index < -0.39 is 13.4 Å². The monoisotopic (exact) mass is 246 g/mol. The molecule has 1 aromatic carbocycles. The first kappa shape index (κ1) is 13.2. The predicted molar refractivity (Wildman–Crippen MR) is 59.6 cm³/mol. The maximum Gasteiger partial charge on any atom is 0.363 e. The molecule has 0 saturated carbocycles.